The molecule has 0 radical (unpaired) electrons. The second-order valence-electron chi connectivity index (χ2n) is 9.73. The molecule has 2 aromatic rings. The van der Waals surface area contributed by atoms with Crippen molar-refractivity contribution in [3.63, 3.8) is 0 Å². The fourth-order valence-electron chi connectivity index (χ4n) is 4.99. The summed E-state index contributed by atoms with van der Waals surface area (Å²) in [7, 11) is 0. The molecule has 0 spiro atoms. The average Bonchev–Trinajstić information content (AvgIpc) is 2.80. The molecule has 4 rings (SSSR count). The number of aromatic nitrogens is 1. The number of benzene rings is 1. The predicted molar refractivity (Wildman–Crippen MR) is 126 cm³/mol. The molecule has 168 valence electrons. The number of aliphatic hydroxyl groups is 2. The Balaban J connectivity index is 1.44. The standard InChI is InChI=1S/C26H37N3O2/c1-26(2)12-11-24(31)21-19-20(9-10-22(21)26)23-7-6-8-25(27-23)29-16-14-28(15-17-29)13-4-3-5-18-30/h6-10,19,24,30-31H,3-5,11-18H2,1-2H3. The minimum Gasteiger partial charge on any atom is -0.396 e. The van der Waals surface area contributed by atoms with Gasteiger partial charge >= 0.3 is 0 Å². The van der Waals surface area contributed by atoms with Crippen LogP contribution < -0.4 is 4.90 Å². The lowest BCUT2D eigenvalue weighted by molar-refractivity contribution is 0.139. The van der Waals surface area contributed by atoms with Crippen LogP contribution in [-0.2, 0) is 5.41 Å². The van der Waals surface area contributed by atoms with Gasteiger partial charge in [0.15, 0.2) is 0 Å². The summed E-state index contributed by atoms with van der Waals surface area (Å²) in [6.45, 7) is 10.1. The zero-order chi connectivity index (χ0) is 21.8. The van der Waals surface area contributed by atoms with E-state index in [9.17, 15) is 5.11 Å². The van der Waals surface area contributed by atoms with E-state index in [1.807, 2.05) is 0 Å². The van der Waals surface area contributed by atoms with Crippen molar-refractivity contribution < 1.29 is 10.2 Å². The van der Waals surface area contributed by atoms with E-state index in [0.717, 1.165) is 87.5 Å². The van der Waals surface area contributed by atoms with Gasteiger partial charge in [0.2, 0.25) is 0 Å². The van der Waals surface area contributed by atoms with Gasteiger partial charge in [0.25, 0.3) is 0 Å². The normalized spacial score (nSPS) is 21.2. The molecule has 1 saturated heterocycles. The Morgan fingerprint density at radius 3 is 2.61 bits per heavy atom. The maximum atomic E-state index is 10.6. The third kappa shape index (κ3) is 5.11. The lowest BCUT2D eigenvalue weighted by Crippen LogP contribution is -2.46. The zero-order valence-electron chi connectivity index (χ0n) is 19.1. The minimum atomic E-state index is -0.378. The van der Waals surface area contributed by atoms with E-state index in [4.69, 9.17) is 10.1 Å². The minimum absolute atomic E-state index is 0.111. The van der Waals surface area contributed by atoms with Gasteiger partial charge in [0.1, 0.15) is 5.82 Å². The van der Waals surface area contributed by atoms with Crippen molar-refractivity contribution in [2.75, 3.05) is 44.2 Å². The summed E-state index contributed by atoms with van der Waals surface area (Å²) in [5, 5.41) is 19.5. The molecule has 5 heteroatoms. The molecular formula is C26H37N3O2. The van der Waals surface area contributed by atoms with Gasteiger partial charge < -0.3 is 15.1 Å². The number of pyridine rings is 1. The van der Waals surface area contributed by atoms with E-state index < -0.39 is 0 Å². The van der Waals surface area contributed by atoms with Crippen LogP contribution in [0.2, 0.25) is 0 Å². The lowest BCUT2D eigenvalue weighted by atomic mass is 9.71. The number of unbranched alkanes of at least 4 members (excludes halogenated alkanes) is 2. The first kappa shape index (κ1) is 22.3. The van der Waals surface area contributed by atoms with Crippen LogP contribution in [0.15, 0.2) is 36.4 Å². The second-order valence-corrected chi connectivity index (χ2v) is 9.73. The smallest absolute Gasteiger partial charge is 0.129 e. The Morgan fingerprint density at radius 2 is 1.84 bits per heavy atom. The third-order valence-electron chi connectivity index (χ3n) is 7.04. The molecule has 1 unspecified atom stereocenters. The number of fused-ring (bicyclic) bond motifs is 1. The predicted octanol–water partition coefficient (Wildman–Crippen LogP) is 4.14. The van der Waals surface area contributed by atoms with Crippen molar-refractivity contribution >= 4 is 5.82 Å². The van der Waals surface area contributed by atoms with E-state index in [1.54, 1.807) is 0 Å². The molecule has 5 nitrogen and oxygen atoms in total. The van der Waals surface area contributed by atoms with Crippen LogP contribution in [0.5, 0.6) is 0 Å². The molecule has 2 N–H and O–H groups in total. The molecule has 1 atom stereocenters. The van der Waals surface area contributed by atoms with Crippen molar-refractivity contribution in [3.05, 3.63) is 47.5 Å². The largest absolute Gasteiger partial charge is 0.396 e. The van der Waals surface area contributed by atoms with Gasteiger partial charge in [-0.05, 0) is 73.4 Å². The Kier molecular flexibility index (Phi) is 6.95. The molecule has 1 aromatic heterocycles. The van der Waals surface area contributed by atoms with Gasteiger partial charge in [-0.25, -0.2) is 4.98 Å². The van der Waals surface area contributed by atoms with Crippen LogP contribution in [0.25, 0.3) is 11.3 Å². The van der Waals surface area contributed by atoms with Crippen LogP contribution >= 0.6 is 0 Å². The zero-order valence-corrected chi connectivity index (χ0v) is 19.1. The van der Waals surface area contributed by atoms with Crippen molar-refractivity contribution in [2.24, 2.45) is 0 Å². The highest BCUT2D eigenvalue weighted by Crippen LogP contribution is 2.42. The van der Waals surface area contributed by atoms with E-state index in [1.165, 1.54) is 5.56 Å². The van der Waals surface area contributed by atoms with Gasteiger partial charge in [0, 0.05) is 38.3 Å². The van der Waals surface area contributed by atoms with Gasteiger partial charge in [-0.2, -0.15) is 0 Å². The number of nitrogens with zero attached hydrogens (tertiary/aromatic N) is 3. The quantitative estimate of drug-likeness (QED) is 0.656. The van der Waals surface area contributed by atoms with E-state index in [0.29, 0.717) is 6.61 Å². The Labute approximate surface area is 186 Å². The molecule has 1 fully saturated rings. The van der Waals surface area contributed by atoms with Gasteiger partial charge in [-0.3, -0.25) is 4.90 Å². The van der Waals surface area contributed by atoms with E-state index >= 15 is 0 Å². The van der Waals surface area contributed by atoms with Crippen molar-refractivity contribution in [3.8, 4) is 11.3 Å². The highest BCUT2D eigenvalue weighted by atomic mass is 16.3. The van der Waals surface area contributed by atoms with Gasteiger partial charge in [-0.15, -0.1) is 0 Å². The van der Waals surface area contributed by atoms with Crippen molar-refractivity contribution in [1.29, 1.82) is 0 Å². The summed E-state index contributed by atoms with van der Waals surface area (Å²) in [6, 6.07) is 12.8. The summed E-state index contributed by atoms with van der Waals surface area (Å²) < 4.78 is 0. The lowest BCUT2D eigenvalue weighted by Gasteiger charge is -2.36. The van der Waals surface area contributed by atoms with Crippen molar-refractivity contribution in [1.82, 2.24) is 9.88 Å². The van der Waals surface area contributed by atoms with Crippen LogP contribution in [0, 0.1) is 0 Å². The molecule has 0 bridgehead atoms. The second kappa shape index (κ2) is 9.68. The maximum absolute atomic E-state index is 10.6. The van der Waals surface area contributed by atoms with Gasteiger partial charge in [-0.1, -0.05) is 32.0 Å². The first-order valence-electron chi connectivity index (χ1n) is 11.9. The van der Waals surface area contributed by atoms with Crippen LogP contribution in [0.3, 0.4) is 0 Å². The van der Waals surface area contributed by atoms with Gasteiger partial charge in [0.05, 0.1) is 11.8 Å². The highest BCUT2D eigenvalue weighted by molar-refractivity contribution is 5.64. The number of hydrogen-bond acceptors (Lipinski definition) is 5. The third-order valence-corrected chi connectivity index (χ3v) is 7.04. The average molecular weight is 424 g/mol. The molecule has 2 aliphatic rings. The number of piperazine rings is 1. The molecule has 2 heterocycles. The summed E-state index contributed by atoms with van der Waals surface area (Å²) in [4.78, 5) is 9.88. The summed E-state index contributed by atoms with van der Waals surface area (Å²) in [5.41, 5.74) is 4.50. The van der Waals surface area contributed by atoms with Crippen LogP contribution in [0.1, 0.15) is 63.2 Å². The Morgan fingerprint density at radius 1 is 1.03 bits per heavy atom. The van der Waals surface area contributed by atoms with E-state index in [-0.39, 0.29) is 11.5 Å². The summed E-state index contributed by atoms with van der Waals surface area (Å²) >= 11 is 0. The number of anilines is 1. The fourth-order valence-corrected chi connectivity index (χ4v) is 4.99. The Bertz CT molecular complexity index is 875. The molecular weight excluding hydrogens is 386 g/mol. The SMILES string of the molecule is CC1(C)CCC(O)c2cc(-c3cccc(N4CCN(CCCCCO)CC4)n3)ccc21. The summed E-state index contributed by atoms with van der Waals surface area (Å²) in [6.07, 6.45) is 4.63. The molecule has 31 heavy (non-hydrogen) atoms. The van der Waals surface area contributed by atoms with Crippen LogP contribution in [0.4, 0.5) is 5.82 Å². The van der Waals surface area contributed by atoms with Crippen LogP contribution in [-0.4, -0.2) is 59.4 Å². The first-order chi connectivity index (χ1) is 15.0. The molecule has 1 aliphatic carbocycles. The molecule has 1 aromatic carbocycles. The number of hydrogen-bond donors (Lipinski definition) is 2. The summed E-state index contributed by atoms with van der Waals surface area (Å²) in [5.74, 6) is 1.04. The first-order valence-corrected chi connectivity index (χ1v) is 11.9. The Hall–Kier alpha value is -1.95. The number of aliphatic hydroxyl groups excluding tert-OH is 2. The van der Waals surface area contributed by atoms with Crippen molar-refractivity contribution in [2.45, 2.75) is 57.5 Å². The molecule has 1 aliphatic heterocycles. The molecule has 0 amide bonds. The maximum Gasteiger partial charge on any atom is 0.129 e. The fraction of sp³-hybridized carbons (Fsp3) is 0.577. The number of rotatable bonds is 7. The highest BCUT2D eigenvalue weighted by Gasteiger charge is 2.32. The van der Waals surface area contributed by atoms with E-state index in [2.05, 4.69) is 60.0 Å². The molecule has 0 saturated carbocycles. The topological polar surface area (TPSA) is 59.8 Å². The monoisotopic (exact) mass is 423 g/mol.